The molecule has 0 spiro atoms. The third kappa shape index (κ3) is 4.79. The predicted molar refractivity (Wildman–Crippen MR) is 65.5 cm³/mol. The molecule has 1 unspecified atom stereocenters. The average Bonchev–Trinajstić information content (AvgIpc) is 2.36. The molecule has 0 aromatic heterocycles. The first kappa shape index (κ1) is 16.5. The zero-order chi connectivity index (χ0) is 14.2. The van der Waals surface area contributed by atoms with E-state index in [4.69, 9.17) is 15.5 Å². The lowest BCUT2D eigenvalue weighted by Crippen LogP contribution is -2.33. The molecule has 18 heavy (non-hydrogen) atoms. The maximum atomic E-state index is 9.23. The normalized spacial score (nSPS) is 15.3. The van der Waals surface area contributed by atoms with E-state index < -0.39 is 11.1 Å². The molecule has 0 rings (SSSR count). The molecule has 0 aromatic carbocycles. The molecule has 6 nitrogen and oxygen atoms in total. The van der Waals surface area contributed by atoms with Crippen molar-refractivity contribution in [1.82, 2.24) is 0 Å². The summed E-state index contributed by atoms with van der Waals surface area (Å²) in [6, 6.07) is 4.03. The van der Waals surface area contributed by atoms with Crippen molar-refractivity contribution in [1.29, 1.82) is 10.5 Å². The molecule has 100 valence electrons. The summed E-state index contributed by atoms with van der Waals surface area (Å²) in [7, 11) is 0. The highest BCUT2D eigenvalue weighted by Crippen LogP contribution is 2.28. The van der Waals surface area contributed by atoms with Gasteiger partial charge in [0.15, 0.2) is 11.1 Å². The van der Waals surface area contributed by atoms with Gasteiger partial charge in [0.05, 0.1) is 12.1 Å². The van der Waals surface area contributed by atoms with Crippen LogP contribution < -0.4 is 0 Å². The number of nitrogens with zero attached hydrogens (tertiary/aromatic N) is 4. The number of rotatable bonds is 7. The Bertz CT molecular complexity index is 361. The zero-order valence-electron chi connectivity index (χ0n) is 11.1. The van der Waals surface area contributed by atoms with E-state index in [1.165, 1.54) is 0 Å². The molecule has 2 N–H and O–H groups in total. The summed E-state index contributed by atoms with van der Waals surface area (Å²) in [5.74, 6) is -0.296. The second-order valence-corrected chi connectivity index (χ2v) is 4.85. The first-order chi connectivity index (χ1) is 8.35. The minimum Gasteiger partial charge on any atom is -0.396 e. The van der Waals surface area contributed by atoms with Gasteiger partial charge in [-0.3, -0.25) is 0 Å². The zero-order valence-corrected chi connectivity index (χ0v) is 11.1. The lowest BCUT2D eigenvalue weighted by atomic mass is 9.83. The van der Waals surface area contributed by atoms with E-state index in [1.54, 1.807) is 20.8 Å². The summed E-state index contributed by atoms with van der Waals surface area (Å²) in [4.78, 5) is 0. The van der Waals surface area contributed by atoms with Crippen LogP contribution in [0.5, 0.6) is 0 Å². The van der Waals surface area contributed by atoms with Gasteiger partial charge in [-0.05, 0) is 33.6 Å². The minimum atomic E-state index is -1.14. The molecule has 0 bridgehead atoms. The van der Waals surface area contributed by atoms with Gasteiger partial charge in [0, 0.05) is 19.1 Å². The second-order valence-electron chi connectivity index (χ2n) is 4.85. The standard InChI is InChI=1S/C12H20N4O2/c1-11(2,8-13)15-16-12(3,9-14)10(4-6-17)5-7-18/h10,17-18H,4-7H2,1-3H3. The van der Waals surface area contributed by atoms with Crippen molar-refractivity contribution in [2.45, 2.75) is 44.7 Å². The van der Waals surface area contributed by atoms with Crippen LogP contribution in [0.4, 0.5) is 0 Å². The summed E-state index contributed by atoms with van der Waals surface area (Å²) in [5.41, 5.74) is -2.12. The van der Waals surface area contributed by atoms with Gasteiger partial charge in [-0.1, -0.05) is 0 Å². The summed E-state index contributed by atoms with van der Waals surface area (Å²) >= 11 is 0. The number of nitriles is 2. The van der Waals surface area contributed by atoms with E-state index >= 15 is 0 Å². The summed E-state index contributed by atoms with van der Waals surface area (Å²) in [6.07, 6.45) is 0.716. The van der Waals surface area contributed by atoms with Crippen LogP contribution in [-0.2, 0) is 0 Å². The van der Waals surface area contributed by atoms with Crippen LogP contribution in [0.1, 0.15) is 33.6 Å². The number of azo groups is 1. The fourth-order valence-electron chi connectivity index (χ4n) is 1.46. The molecule has 6 heteroatoms. The Hall–Kier alpha value is -1.50. The van der Waals surface area contributed by atoms with Gasteiger partial charge in [-0.15, -0.1) is 0 Å². The topological polar surface area (TPSA) is 113 Å². The quantitative estimate of drug-likeness (QED) is 0.667. The molecule has 0 aliphatic heterocycles. The van der Waals surface area contributed by atoms with Crippen molar-refractivity contribution in [2.24, 2.45) is 16.1 Å². The molecular formula is C12H20N4O2. The van der Waals surface area contributed by atoms with E-state index in [-0.39, 0.29) is 19.1 Å². The van der Waals surface area contributed by atoms with Crippen molar-refractivity contribution in [2.75, 3.05) is 13.2 Å². The predicted octanol–water partition coefficient (Wildman–Crippen LogP) is 1.40. The van der Waals surface area contributed by atoms with Gasteiger partial charge in [-0.2, -0.15) is 20.8 Å². The van der Waals surface area contributed by atoms with E-state index in [1.807, 2.05) is 6.07 Å². The van der Waals surface area contributed by atoms with Crippen molar-refractivity contribution >= 4 is 0 Å². The molecule has 0 aliphatic carbocycles. The fourth-order valence-corrected chi connectivity index (χ4v) is 1.46. The lowest BCUT2D eigenvalue weighted by Gasteiger charge is -2.26. The SMILES string of the molecule is CC(C)(C#N)N=NC(C)(C#N)C(CCO)CCO. The Morgan fingerprint density at radius 3 is 1.83 bits per heavy atom. The Kier molecular flexibility index (Phi) is 6.46. The van der Waals surface area contributed by atoms with Crippen molar-refractivity contribution in [3.8, 4) is 12.1 Å². The largest absolute Gasteiger partial charge is 0.396 e. The van der Waals surface area contributed by atoms with Crippen LogP contribution in [-0.4, -0.2) is 34.5 Å². The first-order valence-corrected chi connectivity index (χ1v) is 5.83. The Morgan fingerprint density at radius 2 is 1.50 bits per heavy atom. The van der Waals surface area contributed by atoms with Crippen LogP contribution in [0.15, 0.2) is 10.2 Å². The summed E-state index contributed by atoms with van der Waals surface area (Å²) in [6.45, 7) is 4.63. The molecule has 0 aromatic rings. The van der Waals surface area contributed by atoms with Crippen LogP contribution in [0.3, 0.4) is 0 Å². The first-order valence-electron chi connectivity index (χ1n) is 5.83. The maximum Gasteiger partial charge on any atom is 0.167 e. The molecule has 0 heterocycles. The van der Waals surface area contributed by atoms with Crippen LogP contribution >= 0.6 is 0 Å². The second kappa shape index (κ2) is 7.05. The molecule has 0 amide bonds. The number of aliphatic hydroxyl groups excluding tert-OH is 2. The number of hydrogen-bond acceptors (Lipinski definition) is 6. The summed E-state index contributed by atoms with van der Waals surface area (Å²) in [5, 5.41) is 43.9. The van der Waals surface area contributed by atoms with Crippen molar-refractivity contribution in [3.63, 3.8) is 0 Å². The van der Waals surface area contributed by atoms with Crippen LogP contribution in [0.25, 0.3) is 0 Å². The Balaban J connectivity index is 5.11. The van der Waals surface area contributed by atoms with E-state index in [2.05, 4.69) is 16.3 Å². The van der Waals surface area contributed by atoms with Gasteiger partial charge in [-0.25, -0.2) is 0 Å². The Labute approximate surface area is 108 Å². The minimum absolute atomic E-state index is 0.0842. The average molecular weight is 252 g/mol. The van der Waals surface area contributed by atoms with Gasteiger partial charge in [0.1, 0.15) is 0 Å². The van der Waals surface area contributed by atoms with Crippen LogP contribution in [0.2, 0.25) is 0 Å². The molecule has 0 aliphatic rings. The van der Waals surface area contributed by atoms with Crippen molar-refractivity contribution < 1.29 is 10.2 Å². The van der Waals surface area contributed by atoms with E-state index in [0.29, 0.717) is 12.8 Å². The molecular weight excluding hydrogens is 232 g/mol. The van der Waals surface area contributed by atoms with Gasteiger partial charge < -0.3 is 10.2 Å². The van der Waals surface area contributed by atoms with Gasteiger partial charge >= 0.3 is 0 Å². The maximum absolute atomic E-state index is 9.23. The number of aliphatic hydroxyl groups is 2. The third-order valence-corrected chi connectivity index (χ3v) is 2.76. The highest BCUT2D eigenvalue weighted by Gasteiger charge is 2.34. The molecule has 0 radical (unpaired) electrons. The molecule has 0 saturated heterocycles. The van der Waals surface area contributed by atoms with E-state index in [0.717, 1.165) is 0 Å². The van der Waals surface area contributed by atoms with Crippen molar-refractivity contribution in [3.05, 3.63) is 0 Å². The smallest absolute Gasteiger partial charge is 0.167 e. The molecule has 0 saturated carbocycles. The van der Waals surface area contributed by atoms with Gasteiger partial charge in [0.25, 0.3) is 0 Å². The third-order valence-electron chi connectivity index (χ3n) is 2.76. The monoisotopic (exact) mass is 252 g/mol. The fraction of sp³-hybridized carbons (Fsp3) is 0.833. The Morgan fingerprint density at radius 1 is 1.00 bits per heavy atom. The molecule has 0 fully saturated rings. The highest BCUT2D eigenvalue weighted by molar-refractivity contribution is 5.09. The van der Waals surface area contributed by atoms with E-state index in [9.17, 15) is 5.26 Å². The summed E-state index contributed by atoms with van der Waals surface area (Å²) < 4.78 is 0. The van der Waals surface area contributed by atoms with Crippen LogP contribution in [0, 0.1) is 28.6 Å². The number of hydrogen-bond donors (Lipinski definition) is 2. The van der Waals surface area contributed by atoms with Gasteiger partial charge in [0.2, 0.25) is 0 Å². The lowest BCUT2D eigenvalue weighted by molar-refractivity contribution is 0.181. The highest BCUT2D eigenvalue weighted by atomic mass is 16.3. The molecule has 1 atom stereocenters.